The summed E-state index contributed by atoms with van der Waals surface area (Å²) in [4.78, 5) is 0.542. The van der Waals surface area contributed by atoms with Crippen molar-refractivity contribution in [2.24, 2.45) is 5.92 Å². The van der Waals surface area contributed by atoms with Crippen molar-refractivity contribution in [2.45, 2.75) is 28.9 Å². The van der Waals surface area contributed by atoms with Gasteiger partial charge in [0.2, 0.25) is 0 Å². The third-order valence-corrected chi connectivity index (χ3v) is 6.15. The summed E-state index contributed by atoms with van der Waals surface area (Å²) in [6.45, 7) is 0. The molecule has 1 aromatic rings. The first-order valence-electron chi connectivity index (χ1n) is 6.63. The van der Waals surface area contributed by atoms with Crippen LogP contribution >= 0.6 is 15.9 Å². The van der Waals surface area contributed by atoms with Crippen LogP contribution in [0.5, 0.6) is 0 Å². The Morgan fingerprint density at radius 1 is 1.00 bits per heavy atom. The van der Waals surface area contributed by atoms with Crippen LogP contribution in [0.25, 0.3) is 0 Å². The highest BCUT2D eigenvalue weighted by molar-refractivity contribution is 9.09. The third-order valence-electron chi connectivity index (χ3n) is 5.01. The number of fused-ring (bicyclic) bond motifs is 11. The van der Waals surface area contributed by atoms with Crippen LogP contribution in [-0.4, -0.2) is 17.0 Å². The first kappa shape index (κ1) is 9.99. The Kier molecular flexibility index (Phi) is 1.76. The largest absolute Gasteiger partial charge is 0.362 e. The third kappa shape index (κ3) is 0.996. The van der Waals surface area contributed by atoms with Crippen molar-refractivity contribution < 1.29 is 4.74 Å². The number of benzene rings is 1. The summed E-state index contributed by atoms with van der Waals surface area (Å²) >= 11 is 3.95. The standard InChI is InChI=1S/C16H13BrO/c17-16-10-7-11-12-5-6-13(18-12)14(11)15(16)9-4-2-1-3-8(9)10/h1-7,10,12-16H/t10-,12-,13+,14+,15-,16?/m0/s1. The van der Waals surface area contributed by atoms with Gasteiger partial charge in [-0.15, -0.1) is 0 Å². The highest BCUT2D eigenvalue weighted by Gasteiger charge is 2.55. The lowest BCUT2D eigenvalue weighted by atomic mass is 9.73. The maximum atomic E-state index is 6.04. The quantitative estimate of drug-likeness (QED) is 0.526. The van der Waals surface area contributed by atoms with Crippen LogP contribution in [0.3, 0.4) is 0 Å². The molecule has 0 saturated carbocycles. The van der Waals surface area contributed by atoms with Crippen LogP contribution in [0.4, 0.5) is 0 Å². The van der Waals surface area contributed by atoms with Gasteiger partial charge in [0.1, 0.15) is 0 Å². The number of hydrogen-bond acceptors (Lipinski definition) is 1. The van der Waals surface area contributed by atoms with Crippen molar-refractivity contribution in [3.63, 3.8) is 0 Å². The zero-order valence-corrected chi connectivity index (χ0v) is 11.4. The Bertz CT molecular complexity index is 603. The molecule has 0 aromatic heterocycles. The lowest BCUT2D eigenvalue weighted by molar-refractivity contribution is 0.107. The van der Waals surface area contributed by atoms with Gasteiger partial charge in [0, 0.05) is 22.6 Å². The van der Waals surface area contributed by atoms with Gasteiger partial charge in [0.15, 0.2) is 0 Å². The fraction of sp³-hybridized carbons (Fsp3) is 0.375. The normalized spacial score (nSPS) is 45.9. The van der Waals surface area contributed by atoms with Crippen molar-refractivity contribution >= 4 is 15.9 Å². The minimum absolute atomic E-state index is 0.263. The van der Waals surface area contributed by atoms with E-state index in [0.717, 1.165) is 0 Å². The van der Waals surface area contributed by atoms with Gasteiger partial charge in [-0.2, -0.15) is 0 Å². The Hall–Kier alpha value is -0.860. The average molecular weight is 301 g/mol. The number of hydrogen-bond donors (Lipinski definition) is 0. The molecule has 2 aliphatic carbocycles. The van der Waals surface area contributed by atoms with Gasteiger partial charge in [-0.05, 0) is 16.7 Å². The molecule has 1 fully saturated rings. The summed E-state index contributed by atoms with van der Waals surface area (Å²) < 4.78 is 6.04. The summed E-state index contributed by atoms with van der Waals surface area (Å²) in [6.07, 6.45) is 7.53. The summed E-state index contributed by atoms with van der Waals surface area (Å²) in [5.41, 5.74) is 4.58. The number of allylic oxidation sites excluding steroid dienone is 1. The Labute approximate surface area is 115 Å². The van der Waals surface area contributed by atoms with Gasteiger partial charge in [-0.25, -0.2) is 0 Å². The van der Waals surface area contributed by atoms with Gasteiger partial charge in [0.05, 0.1) is 12.2 Å². The molecule has 90 valence electrons. The predicted octanol–water partition coefficient (Wildman–Crippen LogP) is 3.52. The second-order valence-corrected chi connectivity index (χ2v) is 6.78. The van der Waals surface area contributed by atoms with Crippen LogP contribution in [0, 0.1) is 5.92 Å². The smallest absolute Gasteiger partial charge is 0.0980 e. The molecule has 2 aliphatic heterocycles. The molecule has 5 rings (SSSR count). The SMILES string of the molecule is BrC1[C@H]2c3ccccc3[C@@H]1C=C1[C@@H]2[C@H]2C=C[C@@H]1O2. The summed E-state index contributed by atoms with van der Waals surface area (Å²) in [5.74, 6) is 1.68. The Morgan fingerprint density at radius 2 is 1.83 bits per heavy atom. The first-order valence-corrected chi connectivity index (χ1v) is 7.54. The molecule has 18 heavy (non-hydrogen) atoms. The van der Waals surface area contributed by atoms with Crippen LogP contribution in [0.15, 0.2) is 48.1 Å². The van der Waals surface area contributed by atoms with Crippen molar-refractivity contribution in [2.75, 3.05) is 0 Å². The fourth-order valence-electron chi connectivity index (χ4n) is 4.33. The monoisotopic (exact) mass is 300 g/mol. The van der Waals surface area contributed by atoms with Crippen LogP contribution < -0.4 is 0 Å². The fourth-order valence-corrected chi connectivity index (χ4v) is 5.38. The van der Waals surface area contributed by atoms with E-state index < -0.39 is 0 Å². The van der Waals surface area contributed by atoms with E-state index in [2.05, 4.69) is 58.4 Å². The molecule has 1 nitrogen and oxygen atoms in total. The van der Waals surface area contributed by atoms with Crippen LogP contribution in [-0.2, 0) is 4.74 Å². The summed E-state index contributed by atoms with van der Waals surface area (Å²) in [6, 6.07) is 8.93. The van der Waals surface area contributed by atoms with Crippen LogP contribution in [0.2, 0.25) is 0 Å². The lowest BCUT2D eigenvalue weighted by Gasteiger charge is -2.33. The van der Waals surface area contributed by atoms with Crippen molar-refractivity contribution in [1.29, 1.82) is 0 Å². The van der Waals surface area contributed by atoms with Gasteiger partial charge in [0.25, 0.3) is 0 Å². The maximum Gasteiger partial charge on any atom is 0.0980 e. The number of halogens is 1. The maximum absolute atomic E-state index is 6.04. The molecular weight excluding hydrogens is 288 g/mol. The van der Waals surface area contributed by atoms with Gasteiger partial charge in [-0.1, -0.05) is 58.4 Å². The molecule has 0 amide bonds. The van der Waals surface area contributed by atoms with E-state index in [4.69, 9.17) is 4.74 Å². The number of rotatable bonds is 0. The molecule has 6 atom stereocenters. The van der Waals surface area contributed by atoms with E-state index in [0.29, 0.717) is 28.7 Å². The van der Waals surface area contributed by atoms with Gasteiger partial charge < -0.3 is 4.74 Å². The minimum Gasteiger partial charge on any atom is -0.362 e. The van der Waals surface area contributed by atoms with E-state index in [9.17, 15) is 0 Å². The highest BCUT2D eigenvalue weighted by Crippen LogP contribution is 2.60. The highest BCUT2D eigenvalue weighted by atomic mass is 79.9. The first-order chi connectivity index (χ1) is 8.84. The van der Waals surface area contributed by atoms with E-state index in [1.165, 1.54) is 16.7 Å². The number of alkyl halides is 1. The molecule has 4 bridgehead atoms. The Morgan fingerprint density at radius 3 is 2.72 bits per heavy atom. The molecule has 2 heteroatoms. The molecule has 1 aromatic carbocycles. The minimum atomic E-state index is 0.263. The Balaban J connectivity index is 1.76. The van der Waals surface area contributed by atoms with Crippen molar-refractivity contribution in [1.82, 2.24) is 0 Å². The van der Waals surface area contributed by atoms with E-state index in [1.54, 1.807) is 0 Å². The zero-order chi connectivity index (χ0) is 11.9. The summed E-state index contributed by atoms with van der Waals surface area (Å²) in [5, 5.41) is 0. The van der Waals surface area contributed by atoms with E-state index in [1.807, 2.05) is 0 Å². The second kappa shape index (κ2) is 3.17. The topological polar surface area (TPSA) is 9.23 Å². The van der Waals surface area contributed by atoms with Crippen molar-refractivity contribution in [3.05, 3.63) is 59.2 Å². The molecule has 1 saturated heterocycles. The summed E-state index contributed by atoms with van der Waals surface area (Å²) in [7, 11) is 0. The molecular formula is C16H13BrO. The van der Waals surface area contributed by atoms with E-state index >= 15 is 0 Å². The van der Waals surface area contributed by atoms with Crippen molar-refractivity contribution in [3.8, 4) is 0 Å². The molecule has 2 heterocycles. The van der Waals surface area contributed by atoms with Gasteiger partial charge >= 0.3 is 0 Å². The zero-order valence-electron chi connectivity index (χ0n) is 9.79. The molecule has 0 radical (unpaired) electrons. The van der Waals surface area contributed by atoms with Crippen LogP contribution in [0.1, 0.15) is 23.0 Å². The second-order valence-electron chi connectivity index (χ2n) is 5.72. The molecule has 1 unspecified atom stereocenters. The average Bonchev–Trinajstić information content (AvgIpc) is 3.03. The lowest BCUT2D eigenvalue weighted by Crippen LogP contribution is -2.31. The van der Waals surface area contributed by atoms with Gasteiger partial charge in [-0.3, -0.25) is 0 Å². The molecule has 0 N–H and O–H groups in total. The number of ether oxygens (including phenoxy) is 1. The predicted molar refractivity (Wildman–Crippen MR) is 74.0 cm³/mol. The van der Waals surface area contributed by atoms with E-state index in [-0.39, 0.29) is 6.10 Å². The molecule has 4 aliphatic rings. The molecule has 0 spiro atoms.